The van der Waals surface area contributed by atoms with E-state index in [1.165, 1.54) is 18.2 Å². The summed E-state index contributed by atoms with van der Waals surface area (Å²) < 4.78 is 16.7. The average molecular weight is 454 g/mol. The highest BCUT2D eigenvalue weighted by atomic mass is 19.1. The Labute approximate surface area is 190 Å². The van der Waals surface area contributed by atoms with Crippen molar-refractivity contribution < 1.29 is 24.5 Å². The molecule has 3 aromatic rings. The number of aromatic nitrogens is 2. The van der Waals surface area contributed by atoms with Gasteiger partial charge in [-0.3, -0.25) is 13.9 Å². The van der Waals surface area contributed by atoms with Gasteiger partial charge in [0, 0.05) is 18.0 Å². The van der Waals surface area contributed by atoms with Gasteiger partial charge in [-0.1, -0.05) is 24.3 Å². The first-order chi connectivity index (χ1) is 15.7. The Hall–Kier alpha value is -3.49. The molecular formula is C25H27FN2O5. The maximum atomic E-state index is 13.6. The number of para-hydroxylation sites is 1. The Balaban J connectivity index is 2.16. The Morgan fingerprint density at radius 1 is 1.06 bits per heavy atom. The number of hydrogen-bond donors (Lipinski definition) is 3. The largest absolute Gasteiger partial charge is 0.481 e. The van der Waals surface area contributed by atoms with E-state index in [0.717, 1.165) is 0 Å². The van der Waals surface area contributed by atoms with Crippen LogP contribution in [-0.2, 0) is 4.79 Å². The minimum absolute atomic E-state index is 0.167. The molecular weight excluding hydrogens is 427 g/mol. The third-order valence-corrected chi connectivity index (χ3v) is 5.17. The normalized spacial score (nSPS) is 13.5. The molecule has 3 N–H and O–H groups in total. The molecule has 0 amide bonds. The second-order valence-corrected chi connectivity index (χ2v) is 8.07. The number of carbonyl (C=O) groups is 1. The molecule has 0 radical (unpaired) electrons. The maximum Gasteiger partial charge on any atom is 0.333 e. The molecule has 174 valence electrons. The summed E-state index contributed by atoms with van der Waals surface area (Å²) in [6, 6.07) is 14.6. The second-order valence-electron chi connectivity index (χ2n) is 8.07. The van der Waals surface area contributed by atoms with Gasteiger partial charge in [0.1, 0.15) is 5.82 Å². The number of benzene rings is 2. The van der Waals surface area contributed by atoms with Crippen LogP contribution in [0.5, 0.6) is 0 Å². The molecule has 2 atom stereocenters. The van der Waals surface area contributed by atoms with E-state index < -0.39 is 30.4 Å². The third kappa shape index (κ3) is 5.66. The van der Waals surface area contributed by atoms with Crippen molar-refractivity contribution in [3.63, 3.8) is 0 Å². The van der Waals surface area contributed by atoms with Gasteiger partial charge >= 0.3 is 11.7 Å². The number of imidazole rings is 1. The number of aliphatic carboxylic acids is 1. The van der Waals surface area contributed by atoms with Crippen LogP contribution in [0.2, 0.25) is 0 Å². The molecule has 0 bridgehead atoms. The number of aliphatic hydroxyl groups is 2. The lowest BCUT2D eigenvalue weighted by Crippen LogP contribution is -2.25. The number of rotatable bonds is 9. The van der Waals surface area contributed by atoms with Gasteiger partial charge in [-0.25, -0.2) is 9.18 Å². The third-order valence-electron chi connectivity index (χ3n) is 5.17. The zero-order chi connectivity index (χ0) is 24.1. The van der Waals surface area contributed by atoms with Gasteiger partial charge < -0.3 is 15.3 Å². The van der Waals surface area contributed by atoms with Crippen molar-refractivity contribution in [2.24, 2.45) is 0 Å². The number of halogens is 1. The van der Waals surface area contributed by atoms with Crippen molar-refractivity contribution in [2.75, 3.05) is 0 Å². The summed E-state index contributed by atoms with van der Waals surface area (Å²) in [4.78, 5) is 24.3. The van der Waals surface area contributed by atoms with Crippen LogP contribution in [-0.4, -0.2) is 42.6 Å². The Bertz CT molecular complexity index is 1180. The minimum Gasteiger partial charge on any atom is -0.481 e. The van der Waals surface area contributed by atoms with E-state index in [1.54, 1.807) is 39.5 Å². The van der Waals surface area contributed by atoms with E-state index >= 15 is 0 Å². The van der Waals surface area contributed by atoms with Crippen LogP contribution in [0.25, 0.3) is 23.0 Å². The van der Waals surface area contributed by atoms with E-state index in [-0.39, 0.29) is 18.2 Å². The molecule has 0 aliphatic heterocycles. The van der Waals surface area contributed by atoms with Crippen LogP contribution >= 0.6 is 0 Å². The molecule has 0 aliphatic carbocycles. The Morgan fingerprint density at radius 2 is 1.70 bits per heavy atom. The topological polar surface area (TPSA) is 105 Å². The van der Waals surface area contributed by atoms with Crippen molar-refractivity contribution in [3.8, 4) is 16.9 Å². The smallest absolute Gasteiger partial charge is 0.333 e. The first-order valence-corrected chi connectivity index (χ1v) is 10.6. The monoisotopic (exact) mass is 454 g/mol. The van der Waals surface area contributed by atoms with Crippen LogP contribution in [0.4, 0.5) is 4.39 Å². The zero-order valence-electron chi connectivity index (χ0n) is 18.4. The molecule has 0 saturated heterocycles. The number of carboxylic acids is 1. The summed E-state index contributed by atoms with van der Waals surface area (Å²) in [6.45, 7) is 3.71. The fourth-order valence-corrected chi connectivity index (χ4v) is 3.74. The van der Waals surface area contributed by atoms with Crippen molar-refractivity contribution in [1.29, 1.82) is 0 Å². The summed E-state index contributed by atoms with van der Waals surface area (Å²) >= 11 is 0. The summed E-state index contributed by atoms with van der Waals surface area (Å²) in [5.41, 5.74) is 1.97. The van der Waals surface area contributed by atoms with Crippen molar-refractivity contribution in [2.45, 2.75) is 44.9 Å². The molecule has 0 fully saturated rings. The number of carboxylic acid groups (broad SMARTS) is 1. The molecule has 1 heterocycles. The highest BCUT2D eigenvalue weighted by Crippen LogP contribution is 2.29. The molecule has 0 unspecified atom stereocenters. The fourth-order valence-electron chi connectivity index (χ4n) is 3.74. The van der Waals surface area contributed by atoms with Crippen molar-refractivity contribution in [1.82, 2.24) is 9.13 Å². The highest BCUT2D eigenvalue weighted by Gasteiger charge is 2.23. The van der Waals surface area contributed by atoms with E-state index in [2.05, 4.69) is 0 Å². The van der Waals surface area contributed by atoms with Crippen LogP contribution in [0.3, 0.4) is 0 Å². The van der Waals surface area contributed by atoms with E-state index in [9.17, 15) is 24.2 Å². The van der Waals surface area contributed by atoms with Crippen LogP contribution in [0.1, 0.15) is 38.4 Å². The molecule has 0 saturated carbocycles. The number of aliphatic hydroxyl groups excluding tert-OH is 2. The summed E-state index contributed by atoms with van der Waals surface area (Å²) in [5, 5.41) is 28.9. The van der Waals surface area contributed by atoms with Gasteiger partial charge in [-0.05, 0) is 56.3 Å². The summed E-state index contributed by atoms with van der Waals surface area (Å²) in [6.07, 6.45) is 0.0158. The Morgan fingerprint density at radius 3 is 2.27 bits per heavy atom. The lowest BCUT2D eigenvalue weighted by molar-refractivity contribution is -0.139. The van der Waals surface area contributed by atoms with Gasteiger partial charge in [-0.15, -0.1) is 0 Å². The summed E-state index contributed by atoms with van der Waals surface area (Å²) in [7, 11) is 0. The maximum absolute atomic E-state index is 13.6. The molecule has 0 spiro atoms. The van der Waals surface area contributed by atoms with E-state index in [1.807, 2.05) is 32.0 Å². The van der Waals surface area contributed by atoms with E-state index in [0.29, 0.717) is 22.6 Å². The van der Waals surface area contributed by atoms with Gasteiger partial charge in [0.05, 0.1) is 35.7 Å². The predicted molar refractivity (Wildman–Crippen MR) is 124 cm³/mol. The highest BCUT2D eigenvalue weighted by molar-refractivity contribution is 5.73. The number of hydrogen-bond acceptors (Lipinski definition) is 4. The first-order valence-electron chi connectivity index (χ1n) is 10.6. The molecule has 0 aliphatic rings. The van der Waals surface area contributed by atoms with Gasteiger partial charge in [0.15, 0.2) is 0 Å². The SMILES string of the molecule is CC(C)n1c(/C=C/[C@@H](O)C[C@@H](O)CC(=O)O)c(-c2ccc(F)cc2)n(-c2ccccc2)c1=O. The second kappa shape index (κ2) is 10.4. The van der Waals surface area contributed by atoms with Crippen LogP contribution in [0.15, 0.2) is 65.5 Å². The fraction of sp³-hybridized carbons (Fsp3) is 0.280. The lowest BCUT2D eigenvalue weighted by Gasteiger charge is -2.13. The zero-order valence-corrected chi connectivity index (χ0v) is 18.4. The minimum atomic E-state index is -1.21. The quantitative estimate of drug-likeness (QED) is 0.458. The van der Waals surface area contributed by atoms with E-state index in [4.69, 9.17) is 5.11 Å². The molecule has 1 aromatic heterocycles. The molecule has 8 heteroatoms. The average Bonchev–Trinajstić information content (AvgIpc) is 3.05. The first kappa shape index (κ1) is 24.2. The predicted octanol–water partition coefficient (Wildman–Crippen LogP) is 3.63. The van der Waals surface area contributed by atoms with Crippen molar-refractivity contribution in [3.05, 3.63) is 82.7 Å². The van der Waals surface area contributed by atoms with Crippen LogP contribution < -0.4 is 5.69 Å². The Kier molecular flexibility index (Phi) is 7.63. The summed E-state index contributed by atoms with van der Waals surface area (Å²) in [5.74, 6) is -1.57. The van der Waals surface area contributed by atoms with Gasteiger partial charge in [-0.2, -0.15) is 0 Å². The lowest BCUT2D eigenvalue weighted by atomic mass is 10.1. The van der Waals surface area contributed by atoms with Crippen LogP contribution in [0, 0.1) is 5.82 Å². The standard InChI is InChI=1S/C25H27FN2O5/c1-16(2)27-22(13-12-20(29)14-21(30)15-23(31)32)24(17-8-10-18(26)11-9-17)28(25(27)33)19-6-4-3-5-7-19/h3-13,16,20-21,29-30H,14-15H2,1-2H3,(H,31,32)/b13-12+/t20-,21-/m1/s1. The van der Waals surface area contributed by atoms with Gasteiger partial charge in [0.25, 0.3) is 0 Å². The molecule has 3 rings (SSSR count). The molecule has 33 heavy (non-hydrogen) atoms. The molecule has 7 nitrogen and oxygen atoms in total. The van der Waals surface area contributed by atoms with Crippen molar-refractivity contribution >= 4 is 12.0 Å². The number of nitrogens with zero attached hydrogens (tertiary/aromatic N) is 2. The molecule has 2 aromatic carbocycles. The van der Waals surface area contributed by atoms with Gasteiger partial charge in [0.2, 0.25) is 0 Å².